The molecule has 1 fully saturated rings. The molecule has 4 nitrogen and oxygen atoms in total. The number of hydrogen-bond acceptors (Lipinski definition) is 4. The molecule has 1 aliphatic rings. The monoisotopic (exact) mass is 292 g/mol. The van der Waals surface area contributed by atoms with E-state index in [4.69, 9.17) is 4.74 Å². The Morgan fingerprint density at radius 1 is 1.48 bits per heavy atom. The van der Waals surface area contributed by atoms with Crippen molar-refractivity contribution in [2.45, 2.75) is 31.6 Å². The van der Waals surface area contributed by atoms with Gasteiger partial charge in [-0.2, -0.15) is 0 Å². The van der Waals surface area contributed by atoms with Gasteiger partial charge in [-0.1, -0.05) is 12.1 Å². The van der Waals surface area contributed by atoms with Gasteiger partial charge in [-0.25, -0.2) is 4.39 Å². The number of rotatable bonds is 3. The molecule has 0 bridgehead atoms. The summed E-state index contributed by atoms with van der Waals surface area (Å²) in [6, 6.07) is 4.50. The van der Waals surface area contributed by atoms with E-state index in [2.05, 4.69) is 0 Å². The molecule has 2 rings (SSSR count). The van der Waals surface area contributed by atoms with Crippen molar-refractivity contribution < 1.29 is 23.5 Å². The molecule has 0 saturated heterocycles. The minimum atomic E-state index is -1.14. The van der Waals surface area contributed by atoms with E-state index in [1.54, 1.807) is 13.0 Å². The second-order valence-electron chi connectivity index (χ2n) is 5.40. The summed E-state index contributed by atoms with van der Waals surface area (Å²) >= 11 is 0. The van der Waals surface area contributed by atoms with Crippen LogP contribution >= 0.6 is 0 Å². The summed E-state index contributed by atoms with van der Waals surface area (Å²) in [7, 11) is 1.26. The van der Waals surface area contributed by atoms with Crippen molar-refractivity contribution in [1.82, 2.24) is 0 Å². The minimum absolute atomic E-state index is 0.0340. The maximum Gasteiger partial charge on any atom is 0.316 e. The Morgan fingerprint density at radius 3 is 2.81 bits per heavy atom. The van der Waals surface area contributed by atoms with Crippen molar-refractivity contribution in [3.05, 3.63) is 35.1 Å². The maximum absolute atomic E-state index is 13.8. The number of esters is 1. The first-order valence-corrected chi connectivity index (χ1v) is 6.78. The number of ketones is 1. The Labute approximate surface area is 122 Å². The first-order valence-electron chi connectivity index (χ1n) is 6.78. The normalized spacial score (nSPS) is 25.5. The van der Waals surface area contributed by atoms with Crippen LogP contribution < -0.4 is 0 Å². The van der Waals surface area contributed by atoms with Gasteiger partial charge in [0, 0.05) is 6.42 Å². The molecule has 0 aliphatic heterocycles. The fourth-order valence-corrected chi connectivity index (χ4v) is 3.10. The van der Waals surface area contributed by atoms with Crippen molar-refractivity contribution in [2.75, 3.05) is 7.11 Å². The lowest BCUT2D eigenvalue weighted by Gasteiger charge is -2.37. The summed E-state index contributed by atoms with van der Waals surface area (Å²) in [6.07, 6.45) is 0.932. The molecule has 0 N–H and O–H groups in total. The highest BCUT2D eigenvalue weighted by molar-refractivity contribution is 5.97. The summed E-state index contributed by atoms with van der Waals surface area (Å²) < 4.78 is 18.7. The molecule has 0 spiro atoms. The van der Waals surface area contributed by atoms with E-state index in [1.165, 1.54) is 19.2 Å². The number of carbonyl (C=O) groups excluding carboxylic acids is 3. The molecule has 0 radical (unpaired) electrons. The smallest absolute Gasteiger partial charge is 0.316 e. The fraction of sp³-hybridized carbons (Fsp3) is 0.438. The predicted octanol–water partition coefficient (Wildman–Crippen LogP) is 2.11. The van der Waals surface area contributed by atoms with E-state index in [9.17, 15) is 18.8 Å². The van der Waals surface area contributed by atoms with Gasteiger partial charge in [0.1, 0.15) is 17.9 Å². The van der Waals surface area contributed by atoms with E-state index in [1.807, 2.05) is 0 Å². The molecule has 2 atom stereocenters. The van der Waals surface area contributed by atoms with Crippen LogP contribution in [0.2, 0.25) is 0 Å². The number of ether oxygens (including phenoxy) is 1. The third kappa shape index (κ3) is 2.48. The Bertz CT molecular complexity index is 596. The van der Waals surface area contributed by atoms with Crippen LogP contribution in [0.5, 0.6) is 0 Å². The minimum Gasteiger partial charge on any atom is -0.468 e. The Kier molecular flexibility index (Phi) is 4.21. The van der Waals surface area contributed by atoms with Crippen LogP contribution in [0.4, 0.5) is 4.39 Å². The standard InChI is InChI=1S/C16H17FO4/c1-10-12(4-3-5-13(10)17)16(15(20)21-2)7-6-14(19)11(8-16)9-18/h3-5,9,11H,6-8H2,1-2H3. The van der Waals surface area contributed by atoms with Gasteiger partial charge in [-0.05, 0) is 37.0 Å². The van der Waals surface area contributed by atoms with Gasteiger partial charge in [-0.15, -0.1) is 0 Å². The SMILES string of the molecule is COC(=O)C1(c2cccc(F)c2C)CCC(=O)C(C=O)C1. The molecular weight excluding hydrogens is 275 g/mol. The number of methoxy groups -OCH3 is 1. The summed E-state index contributed by atoms with van der Waals surface area (Å²) in [5.74, 6) is -1.98. The van der Waals surface area contributed by atoms with Crippen LogP contribution in [0.1, 0.15) is 30.4 Å². The van der Waals surface area contributed by atoms with Crippen LogP contribution in [0.25, 0.3) is 0 Å². The summed E-state index contributed by atoms with van der Waals surface area (Å²) in [4.78, 5) is 35.2. The lowest BCUT2D eigenvalue weighted by atomic mass is 9.64. The van der Waals surface area contributed by atoms with E-state index >= 15 is 0 Å². The highest BCUT2D eigenvalue weighted by Crippen LogP contribution is 2.42. The van der Waals surface area contributed by atoms with Crippen molar-refractivity contribution in [3.8, 4) is 0 Å². The van der Waals surface area contributed by atoms with Crippen molar-refractivity contribution in [3.63, 3.8) is 0 Å². The van der Waals surface area contributed by atoms with Gasteiger partial charge >= 0.3 is 5.97 Å². The second-order valence-corrected chi connectivity index (χ2v) is 5.40. The van der Waals surface area contributed by atoms with Gasteiger partial charge in [0.15, 0.2) is 0 Å². The lowest BCUT2D eigenvalue weighted by molar-refractivity contribution is -0.151. The molecule has 1 saturated carbocycles. The third-order valence-corrected chi connectivity index (χ3v) is 4.30. The summed E-state index contributed by atoms with van der Waals surface area (Å²) in [6.45, 7) is 1.59. The average Bonchev–Trinajstić information content (AvgIpc) is 2.50. The highest BCUT2D eigenvalue weighted by atomic mass is 19.1. The van der Waals surface area contributed by atoms with E-state index in [-0.39, 0.29) is 25.0 Å². The lowest BCUT2D eigenvalue weighted by Crippen LogP contribution is -2.45. The van der Waals surface area contributed by atoms with E-state index in [0.29, 0.717) is 17.4 Å². The molecule has 1 aromatic carbocycles. The number of aldehydes is 1. The van der Waals surface area contributed by atoms with Gasteiger partial charge in [0.25, 0.3) is 0 Å². The molecule has 2 unspecified atom stereocenters. The average molecular weight is 292 g/mol. The molecule has 0 amide bonds. The molecule has 0 aromatic heterocycles. The molecule has 5 heteroatoms. The van der Waals surface area contributed by atoms with Gasteiger partial charge in [-0.3, -0.25) is 9.59 Å². The molecule has 1 aromatic rings. The Balaban J connectivity index is 2.58. The van der Waals surface area contributed by atoms with Crippen molar-refractivity contribution >= 4 is 18.0 Å². The van der Waals surface area contributed by atoms with Crippen LogP contribution in [-0.2, 0) is 24.5 Å². The number of benzene rings is 1. The Morgan fingerprint density at radius 2 is 2.19 bits per heavy atom. The Hall–Kier alpha value is -2.04. The zero-order valence-corrected chi connectivity index (χ0v) is 12.0. The van der Waals surface area contributed by atoms with Gasteiger partial charge in [0.05, 0.1) is 18.4 Å². The number of carbonyl (C=O) groups is 3. The molecule has 0 heterocycles. The molecule has 1 aliphatic carbocycles. The number of halogens is 1. The van der Waals surface area contributed by atoms with Crippen LogP contribution in [0.15, 0.2) is 18.2 Å². The number of hydrogen-bond donors (Lipinski definition) is 0. The largest absolute Gasteiger partial charge is 0.468 e. The number of Topliss-reactive ketones (excluding diaryl/α,β-unsaturated/α-hetero) is 1. The molecule has 112 valence electrons. The zero-order valence-electron chi connectivity index (χ0n) is 12.0. The van der Waals surface area contributed by atoms with Crippen LogP contribution in [0, 0.1) is 18.7 Å². The molecular formula is C16H17FO4. The van der Waals surface area contributed by atoms with E-state index < -0.39 is 23.1 Å². The fourth-order valence-electron chi connectivity index (χ4n) is 3.10. The predicted molar refractivity (Wildman–Crippen MR) is 73.2 cm³/mol. The van der Waals surface area contributed by atoms with Crippen molar-refractivity contribution in [2.24, 2.45) is 5.92 Å². The topological polar surface area (TPSA) is 60.4 Å². The highest BCUT2D eigenvalue weighted by Gasteiger charge is 2.48. The first-order chi connectivity index (χ1) is 9.96. The summed E-state index contributed by atoms with van der Waals surface area (Å²) in [5.41, 5.74) is -0.295. The zero-order chi connectivity index (χ0) is 15.6. The van der Waals surface area contributed by atoms with Gasteiger partial charge in [0.2, 0.25) is 0 Å². The maximum atomic E-state index is 13.8. The second kappa shape index (κ2) is 5.76. The summed E-state index contributed by atoms with van der Waals surface area (Å²) in [5, 5.41) is 0. The quantitative estimate of drug-likeness (QED) is 0.486. The van der Waals surface area contributed by atoms with Crippen molar-refractivity contribution in [1.29, 1.82) is 0 Å². The molecule has 21 heavy (non-hydrogen) atoms. The van der Waals surface area contributed by atoms with Crippen LogP contribution in [0.3, 0.4) is 0 Å². The third-order valence-electron chi connectivity index (χ3n) is 4.30. The van der Waals surface area contributed by atoms with Crippen LogP contribution in [-0.4, -0.2) is 25.1 Å². The van der Waals surface area contributed by atoms with E-state index in [0.717, 1.165) is 0 Å². The van der Waals surface area contributed by atoms with Gasteiger partial charge < -0.3 is 9.53 Å². The first kappa shape index (κ1) is 15.4.